The van der Waals surface area contributed by atoms with Gasteiger partial charge >= 0.3 is 0 Å². The molecule has 1 N–H and O–H groups in total. The molecule has 2 aromatic carbocycles. The molecule has 0 bridgehead atoms. The van der Waals surface area contributed by atoms with Gasteiger partial charge in [-0.05, 0) is 47.7 Å². The monoisotopic (exact) mass is 345 g/mol. The van der Waals surface area contributed by atoms with E-state index in [1.165, 1.54) is 11.1 Å². The molecule has 0 saturated carbocycles. The first-order chi connectivity index (χ1) is 11.5. The van der Waals surface area contributed by atoms with Gasteiger partial charge in [0.1, 0.15) is 12.4 Å². The Morgan fingerprint density at radius 3 is 2.38 bits per heavy atom. The lowest BCUT2D eigenvalue weighted by Gasteiger charge is -2.09. The van der Waals surface area contributed by atoms with E-state index in [0.717, 1.165) is 12.2 Å². The van der Waals surface area contributed by atoms with E-state index >= 15 is 0 Å². The summed E-state index contributed by atoms with van der Waals surface area (Å²) >= 11 is 5.81. The molecule has 0 spiro atoms. The third-order valence-electron chi connectivity index (χ3n) is 3.79. The van der Waals surface area contributed by atoms with Crippen LogP contribution in [0.2, 0.25) is 5.02 Å². The summed E-state index contributed by atoms with van der Waals surface area (Å²) in [4.78, 5) is 11.9. The lowest BCUT2D eigenvalue weighted by molar-refractivity contribution is -0.121. The molecule has 1 amide bonds. The number of nitrogens with one attached hydrogen (secondary N) is 1. The molecule has 4 heteroatoms. The Morgan fingerprint density at radius 2 is 1.75 bits per heavy atom. The van der Waals surface area contributed by atoms with Crippen LogP contribution in [0.25, 0.3) is 0 Å². The highest BCUT2D eigenvalue weighted by Crippen LogP contribution is 2.16. The van der Waals surface area contributed by atoms with E-state index in [1.54, 1.807) is 12.1 Å². The second-order valence-electron chi connectivity index (χ2n) is 6.05. The van der Waals surface area contributed by atoms with Gasteiger partial charge in [-0.3, -0.25) is 4.79 Å². The number of ether oxygens (including phenoxy) is 1. The third-order valence-corrected chi connectivity index (χ3v) is 4.05. The van der Waals surface area contributed by atoms with Gasteiger partial charge in [-0.1, -0.05) is 49.7 Å². The molecule has 0 aliphatic heterocycles. The number of benzene rings is 2. The molecule has 0 heterocycles. The van der Waals surface area contributed by atoms with E-state index in [1.807, 2.05) is 12.1 Å². The van der Waals surface area contributed by atoms with E-state index in [-0.39, 0.29) is 5.91 Å². The first kappa shape index (κ1) is 18.3. The number of halogens is 1. The zero-order valence-electron chi connectivity index (χ0n) is 14.2. The normalized spacial score (nSPS) is 10.7. The van der Waals surface area contributed by atoms with Crippen molar-refractivity contribution < 1.29 is 9.53 Å². The molecule has 0 atom stereocenters. The minimum atomic E-state index is 0.0441. The maximum Gasteiger partial charge on any atom is 0.220 e. The number of aryl methyl sites for hydroxylation is 1. The number of carbonyl (C=O) groups is 1. The van der Waals surface area contributed by atoms with Crippen molar-refractivity contribution in [3.63, 3.8) is 0 Å². The fourth-order valence-electron chi connectivity index (χ4n) is 2.31. The van der Waals surface area contributed by atoms with Gasteiger partial charge in [0.25, 0.3) is 0 Å². The van der Waals surface area contributed by atoms with E-state index in [0.29, 0.717) is 30.5 Å². The minimum absolute atomic E-state index is 0.0441. The summed E-state index contributed by atoms with van der Waals surface area (Å²) in [6.07, 6.45) is 1.24. The molecule has 0 aliphatic rings. The van der Waals surface area contributed by atoms with Crippen molar-refractivity contribution in [1.82, 2.24) is 5.32 Å². The van der Waals surface area contributed by atoms with Crippen molar-refractivity contribution in [2.24, 2.45) is 0 Å². The van der Waals surface area contributed by atoms with E-state index in [9.17, 15) is 4.79 Å². The fraction of sp³-hybridized carbons (Fsp3) is 0.350. The first-order valence-corrected chi connectivity index (χ1v) is 8.66. The van der Waals surface area contributed by atoms with Crippen LogP contribution < -0.4 is 10.1 Å². The molecule has 2 rings (SSSR count). The first-order valence-electron chi connectivity index (χ1n) is 8.28. The van der Waals surface area contributed by atoms with Crippen molar-refractivity contribution >= 4 is 17.5 Å². The third kappa shape index (κ3) is 6.25. The maximum atomic E-state index is 11.9. The Labute approximate surface area is 149 Å². The molecule has 3 nitrogen and oxygen atoms in total. The van der Waals surface area contributed by atoms with Crippen LogP contribution in [0.15, 0.2) is 48.5 Å². The summed E-state index contributed by atoms with van der Waals surface area (Å²) in [6.45, 7) is 5.29. The van der Waals surface area contributed by atoms with Gasteiger partial charge in [-0.15, -0.1) is 0 Å². The topological polar surface area (TPSA) is 38.3 Å². The van der Waals surface area contributed by atoms with Crippen LogP contribution in [0.4, 0.5) is 0 Å². The number of hydrogen-bond acceptors (Lipinski definition) is 2. The second kappa shape index (κ2) is 9.33. The van der Waals surface area contributed by atoms with Gasteiger partial charge in [-0.25, -0.2) is 0 Å². The van der Waals surface area contributed by atoms with Crippen LogP contribution in [-0.2, 0) is 11.2 Å². The molecule has 0 unspecified atom stereocenters. The van der Waals surface area contributed by atoms with Crippen LogP contribution in [-0.4, -0.2) is 19.1 Å². The van der Waals surface area contributed by atoms with Crippen molar-refractivity contribution in [3.8, 4) is 5.75 Å². The van der Waals surface area contributed by atoms with Crippen molar-refractivity contribution in [3.05, 3.63) is 64.7 Å². The van der Waals surface area contributed by atoms with Gasteiger partial charge in [-0.2, -0.15) is 0 Å². The summed E-state index contributed by atoms with van der Waals surface area (Å²) in [5.74, 6) is 1.32. The zero-order valence-corrected chi connectivity index (χ0v) is 15.0. The van der Waals surface area contributed by atoms with Crippen LogP contribution >= 0.6 is 11.6 Å². The summed E-state index contributed by atoms with van der Waals surface area (Å²) in [7, 11) is 0. The average molecular weight is 346 g/mol. The summed E-state index contributed by atoms with van der Waals surface area (Å²) in [5, 5.41) is 3.55. The molecular formula is C20H24ClNO2. The molecule has 0 fully saturated rings. The Balaban J connectivity index is 1.63. The Hall–Kier alpha value is -2.00. The van der Waals surface area contributed by atoms with E-state index < -0.39 is 0 Å². The summed E-state index contributed by atoms with van der Waals surface area (Å²) in [5.41, 5.74) is 2.51. The smallest absolute Gasteiger partial charge is 0.220 e. The van der Waals surface area contributed by atoms with Gasteiger partial charge in [0.05, 0.1) is 6.54 Å². The zero-order chi connectivity index (χ0) is 17.4. The highest BCUT2D eigenvalue weighted by molar-refractivity contribution is 6.30. The quantitative estimate of drug-likeness (QED) is 0.710. The average Bonchev–Trinajstić information content (AvgIpc) is 2.59. The van der Waals surface area contributed by atoms with Gasteiger partial charge in [0.2, 0.25) is 5.91 Å². The Morgan fingerprint density at radius 1 is 1.08 bits per heavy atom. The highest BCUT2D eigenvalue weighted by atomic mass is 35.5. The summed E-state index contributed by atoms with van der Waals surface area (Å²) in [6, 6.07) is 15.7. The molecule has 0 radical (unpaired) electrons. The van der Waals surface area contributed by atoms with E-state index in [2.05, 4.69) is 43.4 Å². The Bertz CT molecular complexity index is 636. The fourth-order valence-corrected chi connectivity index (χ4v) is 2.43. The van der Waals surface area contributed by atoms with Crippen molar-refractivity contribution in [2.75, 3.05) is 13.2 Å². The van der Waals surface area contributed by atoms with Gasteiger partial charge in [0.15, 0.2) is 0 Å². The van der Waals surface area contributed by atoms with Crippen LogP contribution in [0.5, 0.6) is 5.75 Å². The molecule has 128 valence electrons. The standard InChI is InChI=1S/C20H24ClNO2/c1-15(2)17-6-3-16(4-7-17)5-12-20(23)22-13-14-24-19-10-8-18(21)9-11-19/h3-4,6-11,15H,5,12-14H2,1-2H3,(H,22,23). The number of rotatable bonds is 8. The van der Waals surface area contributed by atoms with Crippen molar-refractivity contribution in [1.29, 1.82) is 0 Å². The van der Waals surface area contributed by atoms with Crippen LogP contribution in [0.3, 0.4) is 0 Å². The second-order valence-corrected chi connectivity index (χ2v) is 6.49. The number of hydrogen-bond donors (Lipinski definition) is 1. The molecule has 24 heavy (non-hydrogen) atoms. The van der Waals surface area contributed by atoms with E-state index in [4.69, 9.17) is 16.3 Å². The SMILES string of the molecule is CC(C)c1ccc(CCC(=O)NCCOc2ccc(Cl)cc2)cc1. The Kier molecular flexibility index (Phi) is 7.13. The van der Waals surface area contributed by atoms with Crippen LogP contribution in [0, 0.1) is 0 Å². The largest absolute Gasteiger partial charge is 0.492 e. The molecule has 2 aromatic rings. The molecule has 0 saturated heterocycles. The van der Waals surface area contributed by atoms with Crippen molar-refractivity contribution in [2.45, 2.75) is 32.6 Å². The number of carbonyl (C=O) groups excluding carboxylic acids is 1. The van der Waals surface area contributed by atoms with Crippen LogP contribution in [0.1, 0.15) is 37.3 Å². The predicted octanol–water partition coefficient (Wildman–Crippen LogP) is 4.59. The summed E-state index contributed by atoms with van der Waals surface area (Å²) < 4.78 is 5.54. The van der Waals surface area contributed by atoms with Gasteiger partial charge < -0.3 is 10.1 Å². The molecular weight excluding hydrogens is 322 g/mol. The number of amides is 1. The lowest BCUT2D eigenvalue weighted by atomic mass is 10.0. The minimum Gasteiger partial charge on any atom is -0.492 e. The lowest BCUT2D eigenvalue weighted by Crippen LogP contribution is -2.28. The predicted molar refractivity (Wildman–Crippen MR) is 98.8 cm³/mol. The highest BCUT2D eigenvalue weighted by Gasteiger charge is 2.03. The molecule has 0 aliphatic carbocycles. The maximum absolute atomic E-state index is 11.9. The van der Waals surface area contributed by atoms with Gasteiger partial charge in [0, 0.05) is 11.4 Å². The molecule has 0 aromatic heterocycles.